The predicted molar refractivity (Wildman–Crippen MR) is 168 cm³/mol. The number of nitrogens with zero attached hydrogens (tertiary/aromatic N) is 2. The van der Waals surface area contributed by atoms with Gasteiger partial charge in [0.2, 0.25) is 5.95 Å². The molecule has 45 heavy (non-hydrogen) atoms. The number of nitrogens with two attached hydrogens (primary N) is 1. The van der Waals surface area contributed by atoms with E-state index >= 15 is 0 Å². The Morgan fingerprint density at radius 3 is 2.42 bits per heavy atom. The number of para-hydroxylation sites is 1. The highest BCUT2D eigenvalue weighted by atomic mass is 31.2. The number of rotatable bonds is 21. The first-order chi connectivity index (χ1) is 21.7. The van der Waals surface area contributed by atoms with Gasteiger partial charge >= 0.3 is 19.5 Å². The van der Waals surface area contributed by atoms with E-state index in [9.17, 15) is 23.3 Å². The van der Waals surface area contributed by atoms with Crippen LogP contribution in [0.4, 0.5) is 10.3 Å². The number of aromatic amines is 1. The van der Waals surface area contributed by atoms with Crippen LogP contribution in [0.3, 0.4) is 0 Å². The van der Waals surface area contributed by atoms with Gasteiger partial charge in [0.1, 0.15) is 36.6 Å². The molecule has 0 spiro atoms. The Bertz CT molecular complexity index is 1470. The SMILES string of the molecule is CCCCCOC(=O)C[C@H](NP(=O)(CO[C@@H](CF)Cn1ccc2c(=O)[nH]c(N)nc21)Oc1ccccc1)C(=O)OCCCCC. The van der Waals surface area contributed by atoms with Crippen LogP contribution in [-0.4, -0.2) is 64.9 Å². The van der Waals surface area contributed by atoms with Crippen LogP contribution >= 0.6 is 7.52 Å². The van der Waals surface area contributed by atoms with Crippen molar-refractivity contribution in [1.82, 2.24) is 19.6 Å². The van der Waals surface area contributed by atoms with Crippen molar-refractivity contribution in [3.63, 3.8) is 0 Å². The van der Waals surface area contributed by atoms with Crippen LogP contribution in [0.5, 0.6) is 5.75 Å². The minimum Gasteiger partial charge on any atom is -0.466 e. The molecule has 0 amide bonds. The van der Waals surface area contributed by atoms with Gasteiger partial charge in [-0.3, -0.25) is 23.9 Å². The number of benzene rings is 1. The van der Waals surface area contributed by atoms with Gasteiger partial charge in [-0.2, -0.15) is 4.98 Å². The third-order valence-electron chi connectivity index (χ3n) is 6.71. The molecular weight excluding hydrogens is 608 g/mol. The minimum atomic E-state index is -4.16. The summed E-state index contributed by atoms with van der Waals surface area (Å²) < 4.78 is 52.2. The molecule has 13 nitrogen and oxygen atoms in total. The molecule has 0 fully saturated rings. The molecule has 3 aromatic rings. The molecule has 1 aromatic carbocycles. The number of aromatic nitrogens is 3. The number of alkyl halides is 1. The summed E-state index contributed by atoms with van der Waals surface area (Å²) in [5.74, 6) is -1.39. The lowest BCUT2D eigenvalue weighted by Crippen LogP contribution is -2.40. The second-order valence-electron chi connectivity index (χ2n) is 10.5. The number of carbonyl (C=O) groups is 2. The fraction of sp³-hybridized carbons (Fsp3) is 0.533. The number of hydrogen-bond acceptors (Lipinski definition) is 10. The summed E-state index contributed by atoms with van der Waals surface area (Å²) in [4.78, 5) is 44.5. The van der Waals surface area contributed by atoms with E-state index in [1.807, 2.05) is 13.8 Å². The maximum absolute atomic E-state index is 14.3. The highest BCUT2D eigenvalue weighted by Crippen LogP contribution is 2.44. The van der Waals surface area contributed by atoms with Gasteiger partial charge in [0, 0.05) is 6.20 Å². The zero-order valence-electron chi connectivity index (χ0n) is 25.7. The molecule has 0 aliphatic heterocycles. The Morgan fingerprint density at radius 1 is 1.07 bits per heavy atom. The van der Waals surface area contributed by atoms with Crippen molar-refractivity contribution >= 4 is 36.4 Å². The first kappa shape index (κ1) is 35.7. The second-order valence-corrected chi connectivity index (χ2v) is 12.5. The normalized spacial score (nSPS) is 14.0. The maximum atomic E-state index is 14.3. The third-order valence-corrected chi connectivity index (χ3v) is 8.41. The summed E-state index contributed by atoms with van der Waals surface area (Å²) in [6.07, 6.45) is 4.10. The molecule has 3 rings (SSSR count). The van der Waals surface area contributed by atoms with Crippen LogP contribution < -0.4 is 20.9 Å². The van der Waals surface area contributed by atoms with Crippen molar-refractivity contribution in [2.75, 3.05) is 32.0 Å². The number of carbonyl (C=O) groups excluding carboxylic acids is 2. The van der Waals surface area contributed by atoms with Crippen LogP contribution in [0, 0.1) is 0 Å². The second kappa shape index (κ2) is 18.3. The monoisotopic (exact) mass is 651 g/mol. The Kier molecular flexibility index (Phi) is 14.5. The summed E-state index contributed by atoms with van der Waals surface area (Å²) in [5.41, 5.74) is 5.46. The van der Waals surface area contributed by atoms with Gasteiger partial charge in [-0.05, 0) is 31.0 Å². The summed E-state index contributed by atoms with van der Waals surface area (Å²) >= 11 is 0. The quantitative estimate of drug-likeness (QED) is 0.0826. The van der Waals surface area contributed by atoms with Crippen molar-refractivity contribution in [2.24, 2.45) is 0 Å². The average molecular weight is 652 g/mol. The van der Waals surface area contributed by atoms with Crippen LogP contribution in [0.1, 0.15) is 58.8 Å². The Labute approximate surface area is 261 Å². The standard InChI is InChI=1S/C30H43FN5O8P/c1-3-5-10-16-41-26(37)18-25(29(39)42-17-11-6-4-2)35-45(40,44-22-12-8-7-9-13-22)21-43-23(19-31)20-36-15-14-24-27(36)33-30(32)34-28(24)38/h7-9,12-15,23,25H,3-6,10-11,16-21H2,1-2H3,(H,35,40)(H3,32,33,34,38)/t23-,25-,45?/m0/s1. The molecule has 2 heterocycles. The van der Waals surface area contributed by atoms with E-state index in [1.165, 1.54) is 16.8 Å². The molecule has 0 radical (unpaired) electrons. The molecule has 15 heteroatoms. The van der Waals surface area contributed by atoms with Crippen molar-refractivity contribution in [2.45, 2.75) is 77.5 Å². The number of hydrogen-bond donors (Lipinski definition) is 3. The van der Waals surface area contributed by atoms with Crippen molar-refractivity contribution in [3.05, 3.63) is 52.9 Å². The number of unbranched alkanes of at least 4 members (excludes halogenated alkanes) is 4. The summed E-state index contributed by atoms with van der Waals surface area (Å²) in [6, 6.07) is 8.30. The summed E-state index contributed by atoms with van der Waals surface area (Å²) in [7, 11) is -4.16. The van der Waals surface area contributed by atoms with Crippen LogP contribution in [0.15, 0.2) is 47.4 Å². The van der Waals surface area contributed by atoms with Crippen LogP contribution in [0.2, 0.25) is 0 Å². The number of anilines is 1. The molecule has 0 aliphatic carbocycles. The lowest BCUT2D eigenvalue weighted by atomic mass is 10.2. The molecule has 0 bridgehead atoms. The van der Waals surface area contributed by atoms with Gasteiger partial charge in [0.05, 0.1) is 31.6 Å². The molecular formula is C30H43FN5O8P. The molecule has 248 valence electrons. The highest BCUT2D eigenvalue weighted by Gasteiger charge is 2.36. The van der Waals surface area contributed by atoms with Crippen molar-refractivity contribution < 1.29 is 37.3 Å². The Balaban J connectivity index is 1.80. The van der Waals surface area contributed by atoms with Gasteiger partial charge in [0.15, 0.2) is 0 Å². The number of H-pyrrole nitrogens is 1. The Morgan fingerprint density at radius 2 is 1.76 bits per heavy atom. The van der Waals surface area contributed by atoms with E-state index in [4.69, 9.17) is 24.5 Å². The molecule has 0 aliphatic rings. The fourth-order valence-electron chi connectivity index (χ4n) is 4.36. The number of nitrogen functional groups attached to an aromatic ring is 1. The van der Waals surface area contributed by atoms with Gasteiger partial charge < -0.3 is 29.0 Å². The van der Waals surface area contributed by atoms with Gasteiger partial charge in [-0.15, -0.1) is 0 Å². The first-order valence-electron chi connectivity index (χ1n) is 15.1. The zero-order chi connectivity index (χ0) is 32.7. The third kappa shape index (κ3) is 11.6. The number of esters is 2. The fourth-order valence-corrected chi connectivity index (χ4v) is 6.08. The molecule has 3 atom stereocenters. The van der Waals surface area contributed by atoms with E-state index < -0.39 is 56.6 Å². The summed E-state index contributed by atoms with van der Waals surface area (Å²) in [6.45, 7) is 3.24. The average Bonchev–Trinajstić information content (AvgIpc) is 3.42. The van der Waals surface area contributed by atoms with E-state index in [0.29, 0.717) is 12.8 Å². The molecule has 4 N–H and O–H groups in total. The predicted octanol–water partition coefficient (Wildman–Crippen LogP) is 4.71. The molecule has 0 saturated carbocycles. The maximum Gasteiger partial charge on any atom is 0.342 e. The number of fused-ring (bicyclic) bond motifs is 1. The number of ether oxygens (including phenoxy) is 3. The first-order valence-corrected chi connectivity index (χ1v) is 16.9. The molecule has 0 saturated heterocycles. The van der Waals surface area contributed by atoms with E-state index in [2.05, 4.69) is 15.1 Å². The highest BCUT2D eigenvalue weighted by molar-refractivity contribution is 7.57. The number of halogens is 1. The topological polar surface area (TPSA) is 177 Å². The Hall–Kier alpha value is -3.74. The minimum absolute atomic E-state index is 0.103. The molecule has 1 unspecified atom stereocenters. The van der Waals surface area contributed by atoms with Gasteiger partial charge in [-0.25, -0.2) is 9.48 Å². The lowest BCUT2D eigenvalue weighted by molar-refractivity contribution is -0.152. The number of nitrogens with one attached hydrogen (secondary N) is 2. The smallest absolute Gasteiger partial charge is 0.342 e. The van der Waals surface area contributed by atoms with Crippen molar-refractivity contribution in [3.8, 4) is 5.75 Å². The van der Waals surface area contributed by atoms with E-state index in [0.717, 1.165) is 25.7 Å². The molecule has 2 aromatic heterocycles. The van der Waals surface area contributed by atoms with Crippen LogP contribution in [-0.2, 0) is 34.9 Å². The largest absolute Gasteiger partial charge is 0.466 e. The van der Waals surface area contributed by atoms with Crippen molar-refractivity contribution in [1.29, 1.82) is 0 Å². The van der Waals surface area contributed by atoms with Gasteiger partial charge in [-0.1, -0.05) is 57.7 Å². The van der Waals surface area contributed by atoms with E-state index in [-0.39, 0.29) is 42.5 Å². The summed E-state index contributed by atoms with van der Waals surface area (Å²) in [5, 5.41) is 2.92. The zero-order valence-corrected chi connectivity index (χ0v) is 26.6. The van der Waals surface area contributed by atoms with Gasteiger partial charge in [0.25, 0.3) is 5.56 Å². The lowest BCUT2D eigenvalue weighted by Gasteiger charge is -2.26. The van der Waals surface area contributed by atoms with E-state index in [1.54, 1.807) is 30.3 Å². The van der Waals surface area contributed by atoms with Crippen LogP contribution in [0.25, 0.3) is 11.0 Å².